The summed E-state index contributed by atoms with van der Waals surface area (Å²) >= 11 is 0. The first-order chi connectivity index (χ1) is 8.66. The largest absolute Gasteiger partial charge is 0.312 e. The normalized spacial score (nSPS) is 34.3. The molecule has 106 valence electrons. The molecule has 0 aromatic carbocycles. The zero-order valence-electron chi connectivity index (χ0n) is 12.6. The Labute approximate surface area is 114 Å². The molecule has 0 aliphatic heterocycles. The van der Waals surface area contributed by atoms with Crippen LogP contribution in [0.2, 0.25) is 0 Å². The number of hydrogen-bond acceptors (Lipinski definition) is 2. The smallest absolute Gasteiger partial charge is 0.0107 e. The molecular formula is C16H32N2. The first-order valence-corrected chi connectivity index (χ1v) is 8.10. The van der Waals surface area contributed by atoms with Gasteiger partial charge in [0, 0.05) is 25.2 Å². The molecular weight excluding hydrogens is 220 g/mol. The average Bonchev–Trinajstić information content (AvgIpc) is 2.87. The molecule has 0 aromatic rings. The van der Waals surface area contributed by atoms with E-state index in [1.54, 1.807) is 0 Å². The zero-order valence-corrected chi connectivity index (χ0v) is 12.6. The van der Waals surface area contributed by atoms with Crippen molar-refractivity contribution in [3.63, 3.8) is 0 Å². The molecule has 2 nitrogen and oxygen atoms in total. The van der Waals surface area contributed by atoms with Crippen LogP contribution in [-0.2, 0) is 0 Å². The molecule has 0 bridgehead atoms. The van der Waals surface area contributed by atoms with Crippen LogP contribution in [0.1, 0.15) is 58.8 Å². The molecule has 2 fully saturated rings. The molecule has 2 aliphatic rings. The van der Waals surface area contributed by atoms with Crippen LogP contribution in [0.3, 0.4) is 0 Å². The highest BCUT2D eigenvalue weighted by molar-refractivity contribution is 4.82. The average molecular weight is 252 g/mol. The van der Waals surface area contributed by atoms with Gasteiger partial charge in [0.15, 0.2) is 0 Å². The minimum Gasteiger partial charge on any atom is -0.312 e. The fourth-order valence-electron chi connectivity index (χ4n) is 3.77. The second-order valence-electron chi connectivity index (χ2n) is 6.88. The number of hydrogen-bond donors (Lipinski definition) is 1. The minimum atomic E-state index is 0.769. The SMILES string of the molecule is CC1CCC(C)C(NCCN(C)C2CCCC2)C1. The van der Waals surface area contributed by atoms with Gasteiger partial charge in [-0.2, -0.15) is 0 Å². The van der Waals surface area contributed by atoms with Gasteiger partial charge in [-0.1, -0.05) is 33.1 Å². The van der Waals surface area contributed by atoms with Crippen LogP contribution in [0.25, 0.3) is 0 Å². The molecule has 0 aromatic heterocycles. The molecule has 2 saturated carbocycles. The Balaban J connectivity index is 1.64. The molecule has 2 aliphatic carbocycles. The van der Waals surface area contributed by atoms with E-state index in [1.807, 2.05) is 0 Å². The lowest BCUT2D eigenvalue weighted by Crippen LogP contribution is -2.43. The molecule has 3 unspecified atom stereocenters. The molecule has 18 heavy (non-hydrogen) atoms. The molecule has 3 atom stereocenters. The fraction of sp³-hybridized carbons (Fsp3) is 1.00. The van der Waals surface area contributed by atoms with Crippen molar-refractivity contribution >= 4 is 0 Å². The standard InChI is InChI=1S/C16H32N2/c1-13-8-9-14(2)16(12-13)17-10-11-18(3)15-6-4-5-7-15/h13-17H,4-12H2,1-3H3. The molecule has 2 heteroatoms. The van der Waals surface area contributed by atoms with Crippen LogP contribution in [0.4, 0.5) is 0 Å². The summed E-state index contributed by atoms with van der Waals surface area (Å²) in [6.07, 6.45) is 9.97. The molecule has 0 heterocycles. The van der Waals surface area contributed by atoms with E-state index in [1.165, 1.54) is 58.0 Å². The van der Waals surface area contributed by atoms with E-state index in [0.717, 1.165) is 23.9 Å². The summed E-state index contributed by atoms with van der Waals surface area (Å²) in [5.74, 6) is 1.80. The zero-order chi connectivity index (χ0) is 13.0. The van der Waals surface area contributed by atoms with Gasteiger partial charge in [0.1, 0.15) is 0 Å². The Morgan fingerprint density at radius 3 is 2.50 bits per heavy atom. The predicted octanol–water partition coefficient (Wildman–Crippen LogP) is 3.28. The van der Waals surface area contributed by atoms with E-state index in [-0.39, 0.29) is 0 Å². The van der Waals surface area contributed by atoms with Gasteiger partial charge in [0.25, 0.3) is 0 Å². The first-order valence-electron chi connectivity index (χ1n) is 8.10. The maximum absolute atomic E-state index is 3.81. The first kappa shape index (κ1) is 14.3. The van der Waals surface area contributed by atoms with E-state index >= 15 is 0 Å². The summed E-state index contributed by atoms with van der Waals surface area (Å²) < 4.78 is 0. The third kappa shape index (κ3) is 3.96. The highest BCUT2D eigenvalue weighted by Gasteiger charge is 2.25. The highest BCUT2D eigenvalue weighted by Crippen LogP contribution is 2.28. The Morgan fingerprint density at radius 1 is 1.06 bits per heavy atom. The van der Waals surface area contributed by atoms with Gasteiger partial charge in [0.2, 0.25) is 0 Å². The summed E-state index contributed by atoms with van der Waals surface area (Å²) in [5.41, 5.74) is 0. The number of nitrogens with zero attached hydrogens (tertiary/aromatic N) is 1. The molecule has 0 spiro atoms. The lowest BCUT2D eigenvalue weighted by molar-refractivity contribution is 0.205. The van der Waals surface area contributed by atoms with Crippen LogP contribution in [0, 0.1) is 11.8 Å². The lowest BCUT2D eigenvalue weighted by Gasteiger charge is -2.34. The summed E-state index contributed by atoms with van der Waals surface area (Å²) in [6, 6.07) is 1.64. The Kier molecular flexibility index (Phi) is 5.50. The Bertz CT molecular complexity index is 235. The minimum absolute atomic E-state index is 0.769. The Morgan fingerprint density at radius 2 is 1.78 bits per heavy atom. The van der Waals surface area contributed by atoms with Crippen molar-refractivity contribution < 1.29 is 0 Å². The van der Waals surface area contributed by atoms with Crippen molar-refractivity contribution in [2.45, 2.75) is 70.9 Å². The van der Waals surface area contributed by atoms with Crippen LogP contribution in [-0.4, -0.2) is 37.1 Å². The van der Waals surface area contributed by atoms with Gasteiger partial charge < -0.3 is 10.2 Å². The number of rotatable bonds is 5. The Hall–Kier alpha value is -0.0800. The van der Waals surface area contributed by atoms with Crippen molar-refractivity contribution in [3.8, 4) is 0 Å². The molecule has 1 N–H and O–H groups in total. The second kappa shape index (κ2) is 6.91. The molecule has 2 rings (SSSR count). The van der Waals surface area contributed by atoms with E-state index in [0.29, 0.717) is 0 Å². The topological polar surface area (TPSA) is 15.3 Å². The van der Waals surface area contributed by atoms with E-state index in [2.05, 4.69) is 31.1 Å². The maximum atomic E-state index is 3.81. The molecule has 0 saturated heterocycles. The summed E-state index contributed by atoms with van der Waals surface area (Å²) in [4.78, 5) is 2.58. The van der Waals surface area contributed by atoms with Crippen LogP contribution >= 0.6 is 0 Å². The van der Waals surface area contributed by atoms with Crippen LogP contribution in [0.5, 0.6) is 0 Å². The third-order valence-electron chi connectivity index (χ3n) is 5.28. The van der Waals surface area contributed by atoms with Crippen molar-refractivity contribution in [2.24, 2.45) is 11.8 Å². The van der Waals surface area contributed by atoms with E-state index in [9.17, 15) is 0 Å². The third-order valence-corrected chi connectivity index (χ3v) is 5.28. The van der Waals surface area contributed by atoms with Crippen LogP contribution < -0.4 is 5.32 Å². The van der Waals surface area contributed by atoms with Gasteiger partial charge >= 0.3 is 0 Å². The fourth-order valence-corrected chi connectivity index (χ4v) is 3.77. The number of nitrogens with one attached hydrogen (secondary N) is 1. The summed E-state index contributed by atoms with van der Waals surface area (Å²) in [6.45, 7) is 7.23. The van der Waals surface area contributed by atoms with E-state index < -0.39 is 0 Å². The van der Waals surface area contributed by atoms with Gasteiger partial charge in [-0.05, 0) is 44.6 Å². The van der Waals surface area contributed by atoms with Crippen molar-refractivity contribution in [2.75, 3.05) is 20.1 Å². The van der Waals surface area contributed by atoms with Crippen molar-refractivity contribution in [3.05, 3.63) is 0 Å². The highest BCUT2D eigenvalue weighted by atomic mass is 15.1. The second-order valence-corrected chi connectivity index (χ2v) is 6.88. The lowest BCUT2D eigenvalue weighted by atomic mass is 9.80. The van der Waals surface area contributed by atoms with Crippen molar-refractivity contribution in [1.29, 1.82) is 0 Å². The van der Waals surface area contributed by atoms with Gasteiger partial charge in [-0.3, -0.25) is 0 Å². The summed E-state index contributed by atoms with van der Waals surface area (Å²) in [5, 5.41) is 3.81. The van der Waals surface area contributed by atoms with Crippen molar-refractivity contribution in [1.82, 2.24) is 10.2 Å². The monoisotopic (exact) mass is 252 g/mol. The molecule has 0 amide bonds. The molecule has 0 radical (unpaired) electrons. The van der Waals surface area contributed by atoms with Gasteiger partial charge in [0.05, 0.1) is 0 Å². The predicted molar refractivity (Wildman–Crippen MR) is 78.9 cm³/mol. The maximum Gasteiger partial charge on any atom is 0.0107 e. The van der Waals surface area contributed by atoms with Gasteiger partial charge in [-0.25, -0.2) is 0 Å². The van der Waals surface area contributed by atoms with E-state index in [4.69, 9.17) is 0 Å². The van der Waals surface area contributed by atoms with Gasteiger partial charge in [-0.15, -0.1) is 0 Å². The quantitative estimate of drug-likeness (QED) is 0.808. The van der Waals surface area contributed by atoms with Crippen LogP contribution in [0.15, 0.2) is 0 Å². The summed E-state index contributed by atoms with van der Waals surface area (Å²) in [7, 11) is 2.31. The number of likely N-dealkylation sites (N-methyl/N-ethyl adjacent to an activating group) is 1.